The number of amides is 4. The van der Waals surface area contributed by atoms with Gasteiger partial charge in [-0.3, -0.25) is 36.9 Å². The standard InChI is InChI=1S/2C30H36N10O12P2/c31-18-5-3-16-10-17-4-6-19(32)12-21(17)39(20(16)11-18)9-1-2-23(41)34-7-8-35-30(43)51-26-22(13-49-54(47,48)52-53(44,45)46)50-29(25(26)42)40-15-38-24-27(33)36-14-37-28(24)40;31-18-5-3-16-10-17-4-6-19(32)12-21(17)39(20(16)11-18)9-1-2-23(41)34-7-8-35-30(43)51-26-25(42)22(13-49-54(47,48)52-53(44,45)46)50-29(26)40-15-38-24-27(33)36-14-37-28(24)40/h2*3-6,10-12,14-15,22,25-26,29,42H,1-2,7-9,13H2,(H10,31,32,33,34,35,36,37,41,43,44,45,46,47,48)/t2*22-,25-,26-,29-/m11/s1. The van der Waals surface area contributed by atoms with E-state index < -0.39 is 106 Å². The van der Waals surface area contributed by atoms with Crippen LogP contribution in [0.25, 0.3) is 65.9 Å². The first-order valence-electron chi connectivity index (χ1n) is 32.4. The van der Waals surface area contributed by atoms with E-state index in [2.05, 4.69) is 78.0 Å². The molecule has 10 aromatic rings. The zero-order valence-corrected chi connectivity index (χ0v) is 59.8. The molecule has 0 aliphatic carbocycles. The van der Waals surface area contributed by atoms with E-state index in [9.17, 15) is 67.2 Å². The van der Waals surface area contributed by atoms with Crippen molar-refractivity contribution in [2.24, 2.45) is 0 Å². The summed E-state index contributed by atoms with van der Waals surface area (Å²) in [5, 5.41) is 36.4. The SMILES string of the molecule is Nc1ccc2cc3ccc(N)cc3[n+](CCCC(=O)NCCNC(=O)O[C@@H]3[C@H](O)[C@@H](COP(=O)(O)OP(=O)([O-])O)O[C@H]3n3cnc4c(N)ncnc43)c2c1.Nc1ccc2cc3ccc(N)cc3[n+](CCCC(=O)NCCNC(=O)O[C@H]3[C@@H](O)[C@H](n4cnc5c(N)ncnc54)O[C@@H]3COP(=O)(O)OP(=O)([O-])O)c2c1. The number of benzene rings is 4. The van der Waals surface area contributed by atoms with Crippen molar-refractivity contribution in [2.45, 2.75) is 87.9 Å². The first kappa shape index (κ1) is 79.0. The Morgan fingerprint density at radius 3 is 1.27 bits per heavy atom. The molecule has 0 radical (unpaired) electrons. The number of fused-ring (bicyclic) bond motifs is 6. The number of pyridine rings is 2. The predicted octanol–water partition coefficient (Wildman–Crippen LogP) is -0.578. The van der Waals surface area contributed by atoms with E-state index in [1.54, 1.807) is 0 Å². The maximum Gasteiger partial charge on any atom is 0.478 e. The highest BCUT2D eigenvalue weighted by molar-refractivity contribution is 7.60. The van der Waals surface area contributed by atoms with Crippen molar-refractivity contribution in [3.05, 3.63) is 110 Å². The molecule has 4 amide bonds. The Hall–Kier alpha value is -10.0. The Bertz CT molecular complexity index is 5130. The Labute approximate surface area is 608 Å². The summed E-state index contributed by atoms with van der Waals surface area (Å²) in [6.45, 7) is -1.09. The van der Waals surface area contributed by atoms with Gasteiger partial charge in [0.2, 0.25) is 33.9 Å². The lowest BCUT2D eigenvalue weighted by Crippen LogP contribution is -2.42. The molecular formula is C60H72N20O24P4. The molecule has 6 aromatic heterocycles. The van der Waals surface area contributed by atoms with Crippen molar-refractivity contribution in [3.63, 3.8) is 0 Å². The molecule has 48 heteroatoms. The van der Waals surface area contributed by atoms with Gasteiger partial charge in [-0.05, 0) is 60.7 Å². The molecule has 576 valence electrons. The summed E-state index contributed by atoms with van der Waals surface area (Å²) >= 11 is 0. The molecule has 4 aromatic carbocycles. The molecule has 0 bridgehead atoms. The van der Waals surface area contributed by atoms with Crippen LogP contribution in [0.2, 0.25) is 0 Å². The molecule has 22 N–H and O–H groups in total. The maximum atomic E-state index is 12.9. The molecule has 0 saturated carbocycles. The summed E-state index contributed by atoms with van der Waals surface area (Å²) in [4.78, 5) is 134. The van der Waals surface area contributed by atoms with Gasteiger partial charge in [0.25, 0.3) is 15.6 Å². The third kappa shape index (κ3) is 19.6. The van der Waals surface area contributed by atoms with Crippen molar-refractivity contribution in [3.8, 4) is 0 Å². The molecule has 2 fully saturated rings. The zero-order valence-electron chi connectivity index (χ0n) is 56.3. The Morgan fingerprint density at radius 2 is 0.861 bits per heavy atom. The number of aliphatic hydroxyl groups excluding tert-OH is 2. The molecule has 2 aliphatic heterocycles. The van der Waals surface area contributed by atoms with Gasteiger partial charge in [-0.2, -0.15) is 9.13 Å². The normalized spacial score (nSPS) is 20.8. The van der Waals surface area contributed by atoms with Crippen molar-refractivity contribution in [1.82, 2.24) is 60.3 Å². The van der Waals surface area contributed by atoms with Gasteiger partial charge in [0, 0.05) is 120 Å². The summed E-state index contributed by atoms with van der Waals surface area (Å²) in [5.41, 5.74) is 42.5. The minimum absolute atomic E-state index is 0.00776. The molecule has 8 heterocycles. The van der Waals surface area contributed by atoms with Crippen LogP contribution in [0.5, 0.6) is 0 Å². The fraction of sp³-hybridized carbons (Fsp3) is 0.333. The Kier molecular flexibility index (Phi) is 24.3. The minimum Gasteiger partial charge on any atom is -0.756 e. The highest BCUT2D eigenvalue weighted by Crippen LogP contribution is 2.57. The smallest absolute Gasteiger partial charge is 0.478 e. The predicted molar refractivity (Wildman–Crippen MR) is 375 cm³/mol. The van der Waals surface area contributed by atoms with Crippen LogP contribution in [0.3, 0.4) is 0 Å². The summed E-state index contributed by atoms with van der Waals surface area (Å²) < 4.78 is 91.5. The lowest BCUT2D eigenvalue weighted by Gasteiger charge is -2.23. The number of nitrogen functional groups attached to an aromatic ring is 6. The van der Waals surface area contributed by atoms with Crippen LogP contribution < -0.4 is 74.6 Å². The number of aryl methyl sites for hydroxylation is 2. The average Bonchev–Trinajstić information content (AvgIpc) is 1.36. The number of aliphatic hydroxyl groups is 2. The van der Waals surface area contributed by atoms with E-state index in [-0.39, 0.29) is 84.8 Å². The number of imidazole rings is 2. The molecule has 4 unspecified atom stereocenters. The lowest BCUT2D eigenvalue weighted by atomic mass is 10.1. The molecule has 44 nitrogen and oxygen atoms in total. The van der Waals surface area contributed by atoms with Gasteiger partial charge in [-0.1, -0.05) is 0 Å². The van der Waals surface area contributed by atoms with Crippen LogP contribution in [0.15, 0.2) is 110 Å². The van der Waals surface area contributed by atoms with Gasteiger partial charge in [-0.15, -0.1) is 0 Å². The number of nitrogens with zero attached hydrogens (tertiary/aromatic N) is 10. The van der Waals surface area contributed by atoms with Gasteiger partial charge in [-0.25, -0.2) is 57.2 Å². The number of carbonyl (C=O) groups is 4. The number of phosphoric ester groups is 2. The van der Waals surface area contributed by atoms with Gasteiger partial charge in [0.05, 0.1) is 25.9 Å². The summed E-state index contributed by atoms with van der Waals surface area (Å²) in [6.07, 6.45) is -8.48. The lowest BCUT2D eigenvalue weighted by molar-refractivity contribution is -0.645. The van der Waals surface area contributed by atoms with E-state index in [1.807, 2.05) is 84.9 Å². The number of hydrogen-bond acceptors (Lipinski definition) is 32. The van der Waals surface area contributed by atoms with Crippen LogP contribution in [-0.2, 0) is 77.6 Å². The minimum atomic E-state index is -5.70. The van der Waals surface area contributed by atoms with E-state index in [4.69, 9.17) is 63.1 Å². The first-order chi connectivity index (χ1) is 51.2. The highest BCUT2D eigenvalue weighted by Gasteiger charge is 2.51. The molecular weight excluding hydrogens is 1510 g/mol. The van der Waals surface area contributed by atoms with Crippen molar-refractivity contribution >= 4 is 156 Å². The number of anilines is 6. The summed E-state index contributed by atoms with van der Waals surface area (Å²) in [5.74, 6) is -0.532. The highest BCUT2D eigenvalue weighted by atomic mass is 31.3. The molecule has 12 rings (SSSR count). The average molecular weight is 1580 g/mol. The Balaban J connectivity index is 0.000000215. The fourth-order valence-corrected chi connectivity index (χ4v) is 15.1. The Morgan fingerprint density at radius 1 is 0.491 bits per heavy atom. The number of ether oxygens (including phenoxy) is 4. The maximum absolute atomic E-state index is 12.9. The number of hydrogen-bond donors (Lipinski definition) is 16. The summed E-state index contributed by atoms with van der Waals surface area (Å²) in [7, 11) is -22.2. The van der Waals surface area contributed by atoms with Crippen LogP contribution in [-0.4, -0.2) is 169 Å². The van der Waals surface area contributed by atoms with Crippen LogP contribution in [0, 0.1) is 0 Å². The number of rotatable bonds is 28. The van der Waals surface area contributed by atoms with Crippen LogP contribution >= 0.6 is 31.3 Å². The van der Waals surface area contributed by atoms with Gasteiger partial charge >= 0.3 is 27.8 Å². The second-order valence-electron chi connectivity index (χ2n) is 24.3. The molecule has 0 spiro atoms. The second-order valence-corrected chi connectivity index (χ2v) is 29.8. The van der Waals surface area contributed by atoms with Crippen LogP contribution in [0.4, 0.5) is 44.0 Å². The topological polar surface area (TPSA) is 677 Å². The van der Waals surface area contributed by atoms with Gasteiger partial charge < -0.3 is 114 Å². The van der Waals surface area contributed by atoms with E-state index in [0.717, 1.165) is 56.3 Å². The molecule has 2 aliphatic rings. The third-order valence-corrected chi connectivity index (χ3v) is 20.9. The number of aromatic nitrogens is 10. The number of nitrogens with one attached hydrogen (secondary N) is 4. The van der Waals surface area contributed by atoms with Crippen molar-refractivity contribution in [1.29, 1.82) is 0 Å². The fourth-order valence-electron chi connectivity index (χ4n) is 12.0. The number of nitrogens with two attached hydrogens (primary N) is 6. The largest absolute Gasteiger partial charge is 0.756 e. The number of phosphoric acid groups is 4. The second kappa shape index (κ2) is 33.2. The van der Waals surface area contributed by atoms with Gasteiger partial charge in [0.15, 0.2) is 47.6 Å². The van der Waals surface area contributed by atoms with Crippen molar-refractivity contribution in [2.75, 3.05) is 73.8 Å². The van der Waals surface area contributed by atoms with E-state index in [1.165, 1.54) is 21.8 Å². The van der Waals surface area contributed by atoms with Gasteiger partial charge in [0.1, 0.15) is 61.2 Å². The molecule has 2 saturated heterocycles. The van der Waals surface area contributed by atoms with Crippen molar-refractivity contribution < 1.29 is 123 Å². The zero-order chi connectivity index (χ0) is 77.6. The van der Waals surface area contributed by atoms with E-state index >= 15 is 0 Å². The van der Waals surface area contributed by atoms with E-state index in [0.29, 0.717) is 48.7 Å². The monoisotopic (exact) mass is 1580 g/mol. The molecule has 108 heavy (non-hydrogen) atoms. The molecule has 12 atom stereocenters. The number of alkyl carbamates (subject to hydrolysis) is 2. The van der Waals surface area contributed by atoms with Crippen LogP contribution in [0.1, 0.15) is 38.1 Å². The first-order valence-corrected chi connectivity index (χ1v) is 38.4. The quantitative estimate of drug-likeness (QED) is 0.00959. The number of carbonyl (C=O) groups excluding carboxylic acids is 4. The summed E-state index contributed by atoms with van der Waals surface area (Å²) in [6, 6.07) is 26.6. The third-order valence-electron chi connectivity index (χ3n) is 16.7.